The van der Waals surface area contributed by atoms with Gasteiger partial charge in [-0.15, -0.1) is 0 Å². The number of piperidine rings is 1. The minimum absolute atomic E-state index is 0.199. The van der Waals surface area contributed by atoms with Crippen LogP contribution in [0.15, 0.2) is 4.99 Å². The normalized spacial score (nSPS) is 25.6. The number of hydrogen-bond acceptors (Lipinski definition) is 3. The number of likely N-dealkylation sites (N-methyl/N-ethyl adjacent to an activating group) is 1. The molecule has 0 aromatic rings. The van der Waals surface area contributed by atoms with Crippen molar-refractivity contribution in [2.24, 2.45) is 10.7 Å². The molecular weight excluding hydrogens is 204 g/mol. The quantitative estimate of drug-likeness (QED) is 0.711. The summed E-state index contributed by atoms with van der Waals surface area (Å²) in [4.78, 5) is 19.5. The van der Waals surface area contributed by atoms with Crippen LogP contribution in [-0.4, -0.2) is 53.4 Å². The molecule has 0 radical (unpaired) electrons. The molecule has 0 aromatic heterocycles. The molecular formula is C11H20N4O. The summed E-state index contributed by atoms with van der Waals surface area (Å²) in [6.45, 7) is 6.34. The fourth-order valence-electron chi connectivity index (χ4n) is 2.64. The lowest BCUT2D eigenvalue weighted by atomic mass is 9.85. The van der Waals surface area contributed by atoms with Gasteiger partial charge >= 0.3 is 6.03 Å². The van der Waals surface area contributed by atoms with Crippen molar-refractivity contribution in [2.45, 2.75) is 38.3 Å². The van der Waals surface area contributed by atoms with E-state index in [-0.39, 0.29) is 11.6 Å². The third-order valence-corrected chi connectivity index (χ3v) is 3.98. The fraction of sp³-hybridized carbons (Fsp3) is 0.818. The maximum absolute atomic E-state index is 11.5. The number of likely N-dealkylation sites (tertiary alicyclic amines) is 1. The van der Waals surface area contributed by atoms with Crippen LogP contribution >= 0.6 is 0 Å². The van der Waals surface area contributed by atoms with Crippen molar-refractivity contribution in [3.8, 4) is 0 Å². The van der Waals surface area contributed by atoms with Crippen LogP contribution in [0.1, 0.15) is 26.7 Å². The highest BCUT2D eigenvalue weighted by Gasteiger charge is 2.48. The van der Waals surface area contributed by atoms with Gasteiger partial charge in [0.25, 0.3) is 0 Å². The molecule has 16 heavy (non-hydrogen) atoms. The molecule has 0 bridgehead atoms. The Kier molecular flexibility index (Phi) is 2.66. The minimum Gasteiger partial charge on any atom is -0.385 e. The Hall–Kier alpha value is -1.10. The molecule has 2 aliphatic rings. The summed E-state index contributed by atoms with van der Waals surface area (Å²) < 4.78 is 0. The molecule has 2 heterocycles. The first-order valence-electron chi connectivity index (χ1n) is 5.84. The van der Waals surface area contributed by atoms with Crippen LogP contribution < -0.4 is 5.73 Å². The van der Waals surface area contributed by atoms with Crippen LogP contribution in [0.4, 0.5) is 4.79 Å². The van der Waals surface area contributed by atoms with E-state index >= 15 is 0 Å². The van der Waals surface area contributed by atoms with Gasteiger partial charge in [-0.25, -0.2) is 4.79 Å². The van der Waals surface area contributed by atoms with Gasteiger partial charge in [-0.3, -0.25) is 0 Å². The second-order valence-corrected chi connectivity index (χ2v) is 5.00. The van der Waals surface area contributed by atoms with E-state index in [0.29, 0.717) is 11.9 Å². The zero-order chi connectivity index (χ0) is 11.9. The molecule has 2 rings (SSSR count). The Bertz CT molecular complexity index is 329. The summed E-state index contributed by atoms with van der Waals surface area (Å²) in [5, 5.41) is 0. The smallest absolute Gasteiger partial charge is 0.345 e. The Morgan fingerprint density at radius 1 is 1.38 bits per heavy atom. The first-order valence-corrected chi connectivity index (χ1v) is 5.84. The van der Waals surface area contributed by atoms with Crippen molar-refractivity contribution in [1.29, 1.82) is 0 Å². The molecule has 0 atom stereocenters. The second-order valence-electron chi connectivity index (χ2n) is 5.00. The van der Waals surface area contributed by atoms with Gasteiger partial charge in [0.15, 0.2) is 0 Å². The molecule has 1 spiro atoms. The summed E-state index contributed by atoms with van der Waals surface area (Å²) in [5.41, 5.74) is 5.61. The lowest BCUT2D eigenvalue weighted by Crippen LogP contribution is -2.59. The maximum Gasteiger partial charge on any atom is 0.345 e. The van der Waals surface area contributed by atoms with Crippen LogP contribution in [-0.2, 0) is 0 Å². The molecule has 0 saturated carbocycles. The molecule has 1 saturated heterocycles. The number of amides is 2. The summed E-state index contributed by atoms with van der Waals surface area (Å²) in [6, 6.07) is 0.355. The van der Waals surface area contributed by atoms with Crippen LogP contribution in [0.5, 0.6) is 0 Å². The van der Waals surface area contributed by atoms with E-state index in [2.05, 4.69) is 23.7 Å². The van der Waals surface area contributed by atoms with Gasteiger partial charge in [-0.2, -0.15) is 4.99 Å². The van der Waals surface area contributed by atoms with Gasteiger partial charge in [-0.05, 0) is 26.7 Å². The Morgan fingerprint density at radius 2 is 1.94 bits per heavy atom. The third-order valence-electron chi connectivity index (χ3n) is 3.98. The summed E-state index contributed by atoms with van der Waals surface area (Å²) in [6.07, 6.45) is 1.78. The number of rotatable bonds is 1. The van der Waals surface area contributed by atoms with E-state index in [0.717, 1.165) is 25.9 Å². The Labute approximate surface area is 96.3 Å². The molecule has 1 fully saturated rings. The third kappa shape index (κ3) is 1.50. The number of amidine groups is 1. The highest BCUT2D eigenvalue weighted by atomic mass is 16.2. The Balaban J connectivity index is 2.13. The summed E-state index contributed by atoms with van der Waals surface area (Å²) in [5.74, 6) is 0.503. The van der Waals surface area contributed by atoms with Crippen LogP contribution in [0.2, 0.25) is 0 Å². The van der Waals surface area contributed by atoms with Gasteiger partial charge in [0.1, 0.15) is 11.4 Å². The number of carbonyl (C=O) groups is 1. The van der Waals surface area contributed by atoms with E-state index in [1.165, 1.54) is 0 Å². The Morgan fingerprint density at radius 3 is 2.31 bits per heavy atom. The predicted octanol–water partition coefficient (Wildman–Crippen LogP) is 0.652. The van der Waals surface area contributed by atoms with Gasteiger partial charge < -0.3 is 15.5 Å². The summed E-state index contributed by atoms with van der Waals surface area (Å²) in [7, 11) is 1.80. The van der Waals surface area contributed by atoms with Crippen LogP contribution in [0.3, 0.4) is 0 Å². The van der Waals surface area contributed by atoms with Gasteiger partial charge in [0, 0.05) is 26.2 Å². The summed E-state index contributed by atoms with van der Waals surface area (Å²) >= 11 is 0. The molecule has 0 aliphatic carbocycles. The lowest BCUT2D eigenvalue weighted by Gasteiger charge is -2.44. The topological polar surface area (TPSA) is 61.9 Å². The zero-order valence-electron chi connectivity index (χ0n) is 10.2. The average molecular weight is 224 g/mol. The predicted molar refractivity (Wildman–Crippen MR) is 63.5 cm³/mol. The van der Waals surface area contributed by atoms with E-state index in [4.69, 9.17) is 5.73 Å². The molecule has 0 unspecified atom stereocenters. The fourth-order valence-corrected chi connectivity index (χ4v) is 2.64. The highest BCUT2D eigenvalue weighted by molar-refractivity contribution is 6.05. The number of carbonyl (C=O) groups excluding carboxylic acids is 1. The van der Waals surface area contributed by atoms with Gasteiger partial charge in [-0.1, -0.05) is 0 Å². The van der Waals surface area contributed by atoms with E-state index in [1.54, 1.807) is 11.9 Å². The number of nitrogens with two attached hydrogens (primary N) is 1. The van der Waals surface area contributed by atoms with E-state index in [9.17, 15) is 4.79 Å². The molecule has 2 N–H and O–H groups in total. The molecule has 2 aliphatic heterocycles. The highest BCUT2D eigenvalue weighted by Crippen LogP contribution is 2.33. The van der Waals surface area contributed by atoms with Crippen LogP contribution in [0, 0.1) is 0 Å². The number of nitrogens with zero attached hydrogens (tertiary/aromatic N) is 3. The maximum atomic E-state index is 11.5. The molecule has 90 valence electrons. The minimum atomic E-state index is -0.303. The van der Waals surface area contributed by atoms with Gasteiger partial charge in [0.2, 0.25) is 0 Å². The zero-order valence-corrected chi connectivity index (χ0v) is 10.2. The number of hydrogen-bond donors (Lipinski definition) is 1. The molecule has 0 aromatic carbocycles. The van der Waals surface area contributed by atoms with Crippen molar-refractivity contribution < 1.29 is 4.79 Å². The van der Waals surface area contributed by atoms with Crippen molar-refractivity contribution in [2.75, 3.05) is 20.1 Å². The standard InChI is InChI=1S/C11H20N4O/c1-8(2)15-6-4-11(5-7-15)9(12)13-10(16)14(11)3/h8H,4-7H2,1-3H3,(H2,12,13,16). The average Bonchev–Trinajstić information content (AvgIpc) is 2.45. The second kappa shape index (κ2) is 3.73. The van der Waals surface area contributed by atoms with Crippen LogP contribution in [0.25, 0.3) is 0 Å². The first-order chi connectivity index (χ1) is 7.47. The largest absolute Gasteiger partial charge is 0.385 e. The SMILES string of the molecule is CC(C)N1CCC2(CC1)C(N)=NC(=O)N2C. The van der Waals surface area contributed by atoms with E-state index in [1.807, 2.05) is 0 Å². The molecule has 2 amide bonds. The lowest BCUT2D eigenvalue weighted by molar-refractivity contribution is 0.0979. The number of urea groups is 1. The van der Waals surface area contributed by atoms with Gasteiger partial charge in [0.05, 0.1) is 0 Å². The number of aliphatic imine (C=N–C) groups is 1. The molecule has 5 nitrogen and oxygen atoms in total. The monoisotopic (exact) mass is 224 g/mol. The van der Waals surface area contributed by atoms with Crippen molar-refractivity contribution in [3.05, 3.63) is 0 Å². The molecule has 5 heteroatoms. The van der Waals surface area contributed by atoms with Crippen molar-refractivity contribution in [1.82, 2.24) is 9.80 Å². The van der Waals surface area contributed by atoms with E-state index < -0.39 is 0 Å². The van der Waals surface area contributed by atoms with Crippen molar-refractivity contribution in [3.63, 3.8) is 0 Å². The van der Waals surface area contributed by atoms with Crippen molar-refractivity contribution >= 4 is 11.9 Å². The first kappa shape index (κ1) is 11.4.